The molecule has 0 fully saturated rings. The van der Waals surface area contributed by atoms with Gasteiger partial charge in [-0.2, -0.15) is 0 Å². The lowest BCUT2D eigenvalue weighted by Gasteiger charge is -2.10. The lowest BCUT2D eigenvalue weighted by molar-refractivity contribution is -0.145. The van der Waals surface area contributed by atoms with Gasteiger partial charge in [-0.1, -0.05) is 15.9 Å². The van der Waals surface area contributed by atoms with Crippen LogP contribution in [0.1, 0.15) is 12.5 Å². The van der Waals surface area contributed by atoms with Crippen molar-refractivity contribution in [2.45, 2.75) is 13.5 Å². The number of hydrogen-bond acceptors (Lipinski definition) is 4. The van der Waals surface area contributed by atoms with E-state index >= 15 is 0 Å². The fourth-order valence-corrected chi connectivity index (χ4v) is 1.60. The van der Waals surface area contributed by atoms with Crippen LogP contribution in [0.2, 0.25) is 0 Å². The Balaban J connectivity index is 2.63. The number of carbonyl (C=O) groups is 1. The topological polar surface area (TPSA) is 61.5 Å². The quantitative estimate of drug-likeness (QED) is 0.840. The maximum absolute atomic E-state index is 11.1. The third-order valence-electron chi connectivity index (χ3n) is 1.89. The lowest BCUT2D eigenvalue weighted by Crippen LogP contribution is -2.15. The maximum Gasteiger partial charge on any atom is 0.344 e. The number of carbonyl (C=O) groups excluding carboxylic acids is 1. The third-order valence-corrected chi connectivity index (χ3v) is 2.39. The smallest absolute Gasteiger partial charge is 0.344 e. The highest BCUT2D eigenvalue weighted by atomic mass is 79.9. The first-order chi connectivity index (χ1) is 7.67. The van der Waals surface area contributed by atoms with Crippen LogP contribution in [0, 0.1) is 0 Å². The van der Waals surface area contributed by atoms with E-state index in [4.69, 9.17) is 15.2 Å². The van der Waals surface area contributed by atoms with Gasteiger partial charge >= 0.3 is 5.97 Å². The fraction of sp³-hybridized carbons (Fsp3) is 0.364. The molecule has 5 heteroatoms. The van der Waals surface area contributed by atoms with Crippen molar-refractivity contribution in [3.63, 3.8) is 0 Å². The molecule has 2 N–H and O–H groups in total. The van der Waals surface area contributed by atoms with Gasteiger partial charge in [0.15, 0.2) is 6.61 Å². The van der Waals surface area contributed by atoms with E-state index in [2.05, 4.69) is 15.9 Å². The molecule has 0 spiro atoms. The molecule has 0 aliphatic carbocycles. The second-order valence-corrected chi connectivity index (χ2v) is 3.97. The average molecular weight is 288 g/mol. The first-order valence-electron chi connectivity index (χ1n) is 4.94. The maximum atomic E-state index is 11.1. The minimum Gasteiger partial charge on any atom is -0.482 e. The molecule has 0 saturated carbocycles. The molecule has 88 valence electrons. The van der Waals surface area contributed by atoms with E-state index in [1.807, 2.05) is 12.1 Å². The van der Waals surface area contributed by atoms with Crippen LogP contribution in [-0.4, -0.2) is 19.2 Å². The van der Waals surface area contributed by atoms with E-state index < -0.39 is 0 Å². The van der Waals surface area contributed by atoms with Gasteiger partial charge in [-0.25, -0.2) is 4.79 Å². The van der Waals surface area contributed by atoms with Crippen LogP contribution >= 0.6 is 15.9 Å². The molecule has 4 nitrogen and oxygen atoms in total. The van der Waals surface area contributed by atoms with E-state index in [1.54, 1.807) is 13.0 Å². The standard InChI is InChI=1S/C11H14BrNO3/c1-2-15-11(14)7-16-10-4-3-9(12)5-8(10)6-13/h3-5H,2,6-7,13H2,1H3. The number of ether oxygens (including phenoxy) is 2. The van der Waals surface area contributed by atoms with Gasteiger partial charge in [-0.05, 0) is 25.1 Å². The van der Waals surface area contributed by atoms with Gasteiger partial charge < -0.3 is 15.2 Å². The number of esters is 1. The molecule has 0 heterocycles. The normalized spacial score (nSPS) is 9.94. The van der Waals surface area contributed by atoms with Crippen molar-refractivity contribution < 1.29 is 14.3 Å². The fourth-order valence-electron chi connectivity index (χ4n) is 1.19. The Morgan fingerprint density at radius 2 is 2.25 bits per heavy atom. The average Bonchev–Trinajstić information content (AvgIpc) is 2.27. The van der Waals surface area contributed by atoms with Crippen LogP contribution < -0.4 is 10.5 Å². The molecule has 1 aromatic rings. The summed E-state index contributed by atoms with van der Waals surface area (Å²) in [6.45, 7) is 2.37. The summed E-state index contributed by atoms with van der Waals surface area (Å²) >= 11 is 3.34. The number of nitrogens with two attached hydrogens (primary N) is 1. The van der Waals surface area contributed by atoms with Crippen molar-refractivity contribution in [1.29, 1.82) is 0 Å². The molecule has 0 bridgehead atoms. The van der Waals surface area contributed by atoms with Crippen molar-refractivity contribution in [3.05, 3.63) is 28.2 Å². The van der Waals surface area contributed by atoms with Crippen molar-refractivity contribution in [3.8, 4) is 5.75 Å². The van der Waals surface area contributed by atoms with E-state index in [1.165, 1.54) is 0 Å². The second-order valence-electron chi connectivity index (χ2n) is 3.05. The first-order valence-corrected chi connectivity index (χ1v) is 5.73. The zero-order valence-corrected chi connectivity index (χ0v) is 10.6. The molecule has 0 aliphatic heterocycles. The van der Waals surface area contributed by atoms with Gasteiger partial charge in [-0.3, -0.25) is 0 Å². The van der Waals surface area contributed by atoms with Crippen LogP contribution in [0.15, 0.2) is 22.7 Å². The highest BCUT2D eigenvalue weighted by molar-refractivity contribution is 9.10. The van der Waals surface area contributed by atoms with Crippen LogP contribution in [0.3, 0.4) is 0 Å². The first kappa shape index (κ1) is 13.0. The number of hydrogen-bond donors (Lipinski definition) is 1. The van der Waals surface area contributed by atoms with E-state index in [-0.39, 0.29) is 12.6 Å². The summed E-state index contributed by atoms with van der Waals surface area (Å²) in [7, 11) is 0. The minimum absolute atomic E-state index is 0.0948. The van der Waals surface area contributed by atoms with Crippen LogP contribution in [-0.2, 0) is 16.1 Å². The van der Waals surface area contributed by atoms with Crippen LogP contribution in [0.5, 0.6) is 5.75 Å². The highest BCUT2D eigenvalue weighted by Crippen LogP contribution is 2.22. The molecule has 0 aliphatic rings. The molecule has 1 aromatic carbocycles. The molecule has 0 saturated heterocycles. The van der Waals surface area contributed by atoms with Gasteiger partial charge in [0.25, 0.3) is 0 Å². The van der Waals surface area contributed by atoms with Crippen molar-refractivity contribution in [2.75, 3.05) is 13.2 Å². The molecule has 0 unspecified atom stereocenters. The van der Waals surface area contributed by atoms with Crippen molar-refractivity contribution >= 4 is 21.9 Å². The van der Waals surface area contributed by atoms with Gasteiger partial charge in [0.2, 0.25) is 0 Å². The molecule has 0 aromatic heterocycles. The predicted molar refractivity (Wildman–Crippen MR) is 64.2 cm³/mol. The summed E-state index contributed by atoms with van der Waals surface area (Å²) in [6.07, 6.45) is 0. The zero-order chi connectivity index (χ0) is 12.0. The Bertz CT molecular complexity index is 368. The van der Waals surface area contributed by atoms with E-state index in [0.717, 1.165) is 10.0 Å². The summed E-state index contributed by atoms with van der Waals surface area (Å²) in [5, 5.41) is 0. The van der Waals surface area contributed by atoms with Crippen LogP contribution in [0.25, 0.3) is 0 Å². The third kappa shape index (κ3) is 3.83. The largest absolute Gasteiger partial charge is 0.482 e. The molecule has 16 heavy (non-hydrogen) atoms. The van der Waals surface area contributed by atoms with Crippen LogP contribution in [0.4, 0.5) is 0 Å². The molecule has 0 radical (unpaired) electrons. The van der Waals surface area contributed by atoms with E-state index in [9.17, 15) is 4.79 Å². The van der Waals surface area contributed by atoms with Crippen molar-refractivity contribution in [2.24, 2.45) is 5.73 Å². The van der Waals surface area contributed by atoms with E-state index in [0.29, 0.717) is 18.9 Å². The summed E-state index contributed by atoms with van der Waals surface area (Å²) in [5.74, 6) is 0.229. The number of benzene rings is 1. The summed E-state index contributed by atoms with van der Waals surface area (Å²) in [5.41, 5.74) is 6.41. The predicted octanol–water partition coefficient (Wildman–Crippen LogP) is 1.85. The second kappa shape index (κ2) is 6.50. The Labute approximate surface area is 103 Å². The van der Waals surface area contributed by atoms with Gasteiger partial charge in [0, 0.05) is 16.6 Å². The Morgan fingerprint density at radius 3 is 2.88 bits per heavy atom. The molecule has 1 rings (SSSR count). The summed E-state index contributed by atoms with van der Waals surface area (Å²) in [4.78, 5) is 11.1. The van der Waals surface area contributed by atoms with Gasteiger partial charge in [-0.15, -0.1) is 0 Å². The zero-order valence-electron chi connectivity index (χ0n) is 9.03. The molecule has 0 atom stereocenters. The summed E-state index contributed by atoms with van der Waals surface area (Å²) in [6, 6.07) is 5.46. The monoisotopic (exact) mass is 287 g/mol. The Hall–Kier alpha value is -1.07. The molecule has 0 amide bonds. The number of halogens is 1. The minimum atomic E-state index is -0.381. The number of rotatable bonds is 5. The molecular formula is C11H14BrNO3. The lowest BCUT2D eigenvalue weighted by atomic mass is 10.2. The Morgan fingerprint density at radius 1 is 1.50 bits per heavy atom. The molecular weight excluding hydrogens is 274 g/mol. The SMILES string of the molecule is CCOC(=O)COc1ccc(Br)cc1CN. The van der Waals surface area contributed by atoms with Gasteiger partial charge in [0.1, 0.15) is 5.75 Å². The summed E-state index contributed by atoms with van der Waals surface area (Å²) < 4.78 is 11.0. The van der Waals surface area contributed by atoms with Gasteiger partial charge in [0.05, 0.1) is 6.61 Å². The van der Waals surface area contributed by atoms with Crippen molar-refractivity contribution in [1.82, 2.24) is 0 Å². The highest BCUT2D eigenvalue weighted by Gasteiger charge is 2.06. The Kier molecular flexibility index (Phi) is 5.28.